The lowest BCUT2D eigenvalue weighted by Gasteiger charge is -2.27. The number of ether oxygens (including phenoxy) is 2. The summed E-state index contributed by atoms with van der Waals surface area (Å²) in [7, 11) is 3.22. The molecule has 0 unspecified atom stereocenters. The number of rotatable bonds is 10. The molecule has 0 spiro atoms. The third-order valence-electron chi connectivity index (χ3n) is 7.55. The molecule has 3 aromatic carbocycles. The zero-order valence-electron chi connectivity index (χ0n) is 24.5. The van der Waals surface area contributed by atoms with E-state index in [1.807, 2.05) is 47.3 Å². The number of aromatic nitrogens is 4. The summed E-state index contributed by atoms with van der Waals surface area (Å²) in [6.07, 6.45) is 6.06. The fourth-order valence-electron chi connectivity index (χ4n) is 5.24. The largest absolute Gasteiger partial charge is 0.497 e. The van der Waals surface area contributed by atoms with Crippen LogP contribution in [0.2, 0.25) is 0 Å². The molecule has 43 heavy (non-hydrogen) atoms. The Balaban J connectivity index is 1.33. The fourth-order valence-corrected chi connectivity index (χ4v) is 5.24. The van der Waals surface area contributed by atoms with Crippen molar-refractivity contribution in [3.8, 4) is 22.8 Å². The highest BCUT2D eigenvalue weighted by Crippen LogP contribution is 2.34. The average Bonchev–Trinajstić information content (AvgIpc) is 3.62. The molecular formula is C33H32N6O4. The van der Waals surface area contributed by atoms with Gasteiger partial charge in [0.25, 0.3) is 11.8 Å². The second kappa shape index (κ2) is 11.6. The van der Waals surface area contributed by atoms with E-state index in [0.717, 1.165) is 33.7 Å². The number of hydrogen-bond acceptors (Lipinski definition) is 8. The van der Waals surface area contributed by atoms with E-state index in [0.29, 0.717) is 35.6 Å². The van der Waals surface area contributed by atoms with Gasteiger partial charge in [0.1, 0.15) is 11.5 Å². The first-order valence-corrected chi connectivity index (χ1v) is 14.1. The smallest absolute Gasteiger partial charge is 0.261 e. The van der Waals surface area contributed by atoms with Crippen LogP contribution in [-0.4, -0.2) is 63.8 Å². The van der Waals surface area contributed by atoms with Crippen LogP contribution in [0.3, 0.4) is 0 Å². The molecule has 0 saturated heterocycles. The molecule has 0 bridgehead atoms. The molecule has 0 N–H and O–H groups in total. The minimum atomic E-state index is -0.260. The van der Waals surface area contributed by atoms with Crippen LogP contribution in [0.4, 0.5) is 11.4 Å². The first-order valence-electron chi connectivity index (χ1n) is 14.1. The molecule has 2 amide bonds. The van der Waals surface area contributed by atoms with E-state index in [1.165, 1.54) is 4.90 Å². The number of carbonyl (C=O) groups is 2. The maximum atomic E-state index is 13.0. The fraction of sp³-hybridized carbons (Fsp3) is 0.242. The molecule has 0 atom stereocenters. The minimum Gasteiger partial charge on any atom is -0.497 e. The van der Waals surface area contributed by atoms with Gasteiger partial charge in [0.15, 0.2) is 0 Å². The van der Waals surface area contributed by atoms with Gasteiger partial charge < -0.3 is 14.4 Å². The molecule has 10 heteroatoms. The summed E-state index contributed by atoms with van der Waals surface area (Å²) in [5.41, 5.74) is 5.72. The summed E-state index contributed by atoms with van der Waals surface area (Å²) in [4.78, 5) is 38.9. The molecule has 5 aromatic rings. The monoisotopic (exact) mass is 576 g/mol. The summed E-state index contributed by atoms with van der Waals surface area (Å²) in [5.74, 6) is 0.767. The number of benzene rings is 3. The topological polar surface area (TPSA) is 103 Å². The van der Waals surface area contributed by atoms with Gasteiger partial charge in [-0.2, -0.15) is 5.10 Å². The number of fused-ring (bicyclic) bond motifs is 2. The Kier molecular flexibility index (Phi) is 7.50. The van der Waals surface area contributed by atoms with Gasteiger partial charge in [0, 0.05) is 60.5 Å². The number of hydrogen-bond donors (Lipinski definition) is 0. The Morgan fingerprint density at radius 1 is 0.837 bits per heavy atom. The third kappa shape index (κ3) is 5.39. The molecule has 1 aliphatic rings. The van der Waals surface area contributed by atoms with E-state index < -0.39 is 0 Å². The summed E-state index contributed by atoms with van der Waals surface area (Å²) >= 11 is 0. The van der Waals surface area contributed by atoms with Crippen molar-refractivity contribution in [2.45, 2.75) is 26.3 Å². The molecule has 0 aliphatic carbocycles. The maximum absolute atomic E-state index is 13.0. The van der Waals surface area contributed by atoms with Crippen molar-refractivity contribution in [3.05, 3.63) is 90.4 Å². The summed E-state index contributed by atoms with van der Waals surface area (Å²) < 4.78 is 13.0. The molecule has 2 aromatic heterocycles. The van der Waals surface area contributed by atoms with Gasteiger partial charge in [0.05, 0.1) is 54.5 Å². The number of carbonyl (C=O) groups excluding carboxylic acids is 2. The highest BCUT2D eigenvalue weighted by Gasteiger charge is 2.34. The van der Waals surface area contributed by atoms with Gasteiger partial charge in [0.2, 0.25) is 0 Å². The van der Waals surface area contributed by atoms with E-state index >= 15 is 0 Å². The Hall–Kier alpha value is -5.25. The second-order valence-electron chi connectivity index (χ2n) is 10.6. The molecule has 0 fully saturated rings. The second-order valence-corrected chi connectivity index (χ2v) is 10.6. The van der Waals surface area contributed by atoms with Crippen molar-refractivity contribution in [3.63, 3.8) is 0 Å². The van der Waals surface area contributed by atoms with Gasteiger partial charge in [-0.15, -0.1) is 0 Å². The van der Waals surface area contributed by atoms with Crippen molar-refractivity contribution >= 4 is 34.2 Å². The van der Waals surface area contributed by atoms with E-state index in [4.69, 9.17) is 14.5 Å². The van der Waals surface area contributed by atoms with Crippen LogP contribution in [0.5, 0.6) is 11.5 Å². The third-order valence-corrected chi connectivity index (χ3v) is 7.55. The Morgan fingerprint density at radius 3 is 2.16 bits per heavy atom. The molecule has 0 saturated carbocycles. The number of anilines is 2. The lowest BCUT2D eigenvalue weighted by atomic mass is 10.1. The van der Waals surface area contributed by atoms with Crippen LogP contribution in [0.15, 0.2) is 79.3 Å². The van der Waals surface area contributed by atoms with Crippen LogP contribution in [-0.2, 0) is 0 Å². The van der Waals surface area contributed by atoms with Gasteiger partial charge in [-0.25, -0.2) is 4.98 Å². The number of nitrogens with zero attached hydrogens (tertiary/aromatic N) is 6. The van der Waals surface area contributed by atoms with Gasteiger partial charge >= 0.3 is 0 Å². The Morgan fingerprint density at radius 2 is 1.53 bits per heavy atom. The molecular weight excluding hydrogens is 544 g/mol. The minimum absolute atomic E-state index is 0.238. The lowest BCUT2D eigenvalue weighted by Crippen LogP contribution is -2.32. The molecule has 6 rings (SSSR count). The molecule has 1 aliphatic heterocycles. The quantitative estimate of drug-likeness (QED) is 0.189. The highest BCUT2D eigenvalue weighted by molar-refractivity contribution is 6.21. The van der Waals surface area contributed by atoms with Gasteiger partial charge in [-0.3, -0.25) is 24.2 Å². The van der Waals surface area contributed by atoms with E-state index in [2.05, 4.69) is 28.8 Å². The van der Waals surface area contributed by atoms with Crippen LogP contribution in [0.25, 0.3) is 22.3 Å². The first kappa shape index (κ1) is 27.9. The predicted molar refractivity (Wildman–Crippen MR) is 164 cm³/mol. The maximum Gasteiger partial charge on any atom is 0.261 e. The van der Waals surface area contributed by atoms with Crippen molar-refractivity contribution in [1.82, 2.24) is 24.6 Å². The SMILES string of the molecule is COc1cc(OC)cc(N(CCCN2C(=O)c3ccccc3C2=O)c2ccc3ncc(-c4cnn(C(C)C)c4)nc3c2)c1. The normalized spacial score (nSPS) is 12.7. The van der Waals surface area contributed by atoms with E-state index in [1.54, 1.807) is 50.9 Å². The summed E-state index contributed by atoms with van der Waals surface area (Å²) in [6.45, 7) is 4.93. The Bertz CT molecular complexity index is 1770. The van der Waals surface area contributed by atoms with Crippen LogP contribution < -0.4 is 14.4 Å². The predicted octanol–water partition coefficient (Wildman–Crippen LogP) is 5.92. The number of amides is 2. The molecule has 218 valence electrons. The summed E-state index contributed by atoms with van der Waals surface area (Å²) in [5, 5.41) is 4.45. The molecule has 0 radical (unpaired) electrons. The lowest BCUT2D eigenvalue weighted by molar-refractivity contribution is 0.0653. The van der Waals surface area contributed by atoms with Crippen molar-refractivity contribution in [2.75, 3.05) is 32.2 Å². The number of methoxy groups -OCH3 is 2. The van der Waals surface area contributed by atoms with Crippen molar-refractivity contribution in [2.24, 2.45) is 0 Å². The van der Waals surface area contributed by atoms with Crippen LogP contribution >= 0.6 is 0 Å². The van der Waals surface area contributed by atoms with Gasteiger partial charge in [-0.05, 0) is 50.6 Å². The number of imide groups is 1. The van der Waals surface area contributed by atoms with E-state index in [-0.39, 0.29) is 24.4 Å². The first-order chi connectivity index (χ1) is 20.9. The average molecular weight is 577 g/mol. The van der Waals surface area contributed by atoms with Crippen molar-refractivity contribution in [1.29, 1.82) is 0 Å². The van der Waals surface area contributed by atoms with E-state index in [9.17, 15) is 9.59 Å². The van der Waals surface area contributed by atoms with Crippen molar-refractivity contribution < 1.29 is 19.1 Å². The molecule has 10 nitrogen and oxygen atoms in total. The standard InChI is InChI=1S/C33H32N6O4/c1-21(2)39-20-22(18-35-39)31-19-34-29-11-10-23(16-30(29)36-31)37(24-14-25(42-3)17-26(15-24)43-4)12-7-13-38-32(40)27-8-5-6-9-28(27)33(38)41/h5-6,8-11,14-21H,7,12-13H2,1-4H3. The zero-order valence-corrected chi connectivity index (χ0v) is 24.5. The highest BCUT2D eigenvalue weighted by atomic mass is 16.5. The van der Waals surface area contributed by atoms with Crippen LogP contribution in [0, 0.1) is 0 Å². The zero-order chi connectivity index (χ0) is 30.1. The molecule has 3 heterocycles. The Labute approximate surface area is 249 Å². The van der Waals surface area contributed by atoms with Gasteiger partial charge in [-0.1, -0.05) is 12.1 Å². The van der Waals surface area contributed by atoms with Crippen LogP contribution in [0.1, 0.15) is 47.0 Å². The summed E-state index contributed by atoms with van der Waals surface area (Å²) in [6, 6.07) is 18.8.